The predicted octanol–water partition coefficient (Wildman–Crippen LogP) is 3.33. The number of fused-ring (bicyclic) bond motifs is 1. The molecular formula is C16H21BrO5. The number of benzene rings is 1. The van der Waals surface area contributed by atoms with Crippen molar-refractivity contribution in [2.75, 3.05) is 19.8 Å². The molecule has 0 saturated carbocycles. The molecule has 6 heteroatoms. The van der Waals surface area contributed by atoms with Gasteiger partial charge in [-0.1, -0.05) is 29.8 Å². The second-order valence-corrected chi connectivity index (χ2v) is 6.23. The average molecular weight is 373 g/mol. The quantitative estimate of drug-likeness (QED) is 0.821. The molecule has 0 bridgehead atoms. The lowest BCUT2D eigenvalue weighted by molar-refractivity contribution is -0.153. The molecule has 1 heterocycles. The molecule has 1 aliphatic heterocycles. The molecule has 2 rings (SSSR count). The highest BCUT2D eigenvalue weighted by molar-refractivity contribution is 9.10. The van der Waals surface area contributed by atoms with Crippen LogP contribution < -0.4 is 9.47 Å². The molecular weight excluding hydrogens is 352 g/mol. The van der Waals surface area contributed by atoms with Gasteiger partial charge in [-0.15, -0.1) is 0 Å². The zero-order valence-corrected chi connectivity index (χ0v) is 14.6. The fourth-order valence-corrected chi connectivity index (χ4v) is 3.14. The lowest BCUT2D eigenvalue weighted by Gasteiger charge is -2.23. The molecule has 0 spiro atoms. The molecule has 0 saturated heterocycles. The molecule has 0 amide bonds. The van der Waals surface area contributed by atoms with E-state index in [4.69, 9.17) is 14.2 Å². The van der Waals surface area contributed by atoms with Crippen molar-refractivity contribution in [1.29, 1.82) is 0 Å². The Bertz CT molecular complexity index is 556. The van der Waals surface area contributed by atoms with Crippen molar-refractivity contribution in [2.45, 2.75) is 39.2 Å². The highest BCUT2D eigenvalue weighted by atomic mass is 79.9. The van der Waals surface area contributed by atoms with Crippen LogP contribution in [0.4, 0.5) is 0 Å². The zero-order chi connectivity index (χ0) is 16.3. The second kappa shape index (κ2) is 7.33. The molecule has 1 aromatic rings. The number of halogens is 1. The molecule has 1 atom stereocenters. The van der Waals surface area contributed by atoms with Gasteiger partial charge in [-0.05, 0) is 18.9 Å². The summed E-state index contributed by atoms with van der Waals surface area (Å²) in [6, 6.07) is 1.74. The maximum absolute atomic E-state index is 11.9. The Balaban J connectivity index is 2.57. The van der Waals surface area contributed by atoms with E-state index in [9.17, 15) is 9.90 Å². The van der Waals surface area contributed by atoms with Gasteiger partial charge in [0.15, 0.2) is 17.6 Å². The first kappa shape index (κ1) is 17.1. The van der Waals surface area contributed by atoms with Crippen molar-refractivity contribution in [2.24, 2.45) is 0 Å². The van der Waals surface area contributed by atoms with E-state index in [1.165, 1.54) is 0 Å². The van der Waals surface area contributed by atoms with E-state index in [-0.39, 0.29) is 12.5 Å². The van der Waals surface area contributed by atoms with Crippen molar-refractivity contribution in [3.05, 3.63) is 21.7 Å². The van der Waals surface area contributed by atoms with E-state index in [0.29, 0.717) is 34.7 Å². The molecule has 5 nitrogen and oxygen atoms in total. The Morgan fingerprint density at radius 2 is 2.05 bits per heavy atom. The number of hydrogen-bond acceptors (Lipinski definition) is 5. The van der Waals surface area contributed by atoms with Gasteiger partial charge >= 0.3 is 5.97 Å². The summed E-state index contributed by atoms with van der Waals surface area (Å²) in [5.41, 5.74) is 1.25. The van der Waals surface area contributed by atoms with E-state index < -0.39 is 12.1 Å². The standard InChI is InChI=1S/C16H21BrO5/c1-4-20-16(19)14(18)13-10(17)8-11-15(12(13)9(2)3)22-7-5-6-21-11/h8-9,14,18H,4-7H2,1-3H3. The van der Waals surface area contributed by atoms with Gasteiger partial charge in [0.2, 0.25) is 0 Å². The van der Waals surface area contributed by atoms with Crippen LogP contribution in [0, 0.1) is 0 Å². The van der Waals surface area contributed by atoms with E-state index in [0.717, 1.165) is 12.0 Å². The Kier molecular flexibility index (Phi) is 5.69. The number of carbonyl (C=O) groups is 1. The maximum Gasteiger partial charge on any atom is 0.339 e. The Morgan fingerprint density at radius 1 is 1.36 bits per heavy atom. The first-order valence-corrected chi connectivity index (χ1v) is 8.23. The van der Waals surface area contributed by atoms with E-state index in [1.807, 2.05) is 13.8 Å². The Morgan fingerprint density at radius 3 is 2.68 bits per heavy atom. The van der Waals surface area contributed by atoms with Gasteiger partial charge in [-0.2, -0.15) is 0 Å². The van der Waals surface area contributed by atoms with Crippen LogP contribution in [-0.2, 0) is 9.53 Å². The van der Waals surface area contributed by atoms with Crippen molar-refractivity contribution in [3.63, 3.8) is 0 Å². The largest absolute Gasteiger partial charge is 0.490 e. The molecule has 0 fully saturated rings. The number of carbonyl (C=O) groups excluding carboxylic acids is 1. The van der Waals surface area contributed by atoms with Crippen LogP contribution in [0.25, 0.3) is 0 Å². The van der Waals surface area contributed by atoms with Gasteiger partial charge in [0.05, 0.1) is 19.8 Å². The van der Waals surface area contributed by atoms with Crippen LogP contribution in [0.2, 0.25) is 0 Å². The Labute approximate surface area is 138 Å². The number of aliphatic hydroxyl groups is 1. The highest BCUT2D eigenvalue weighted by Gasteiger charge is 2.30. The summed E-state index contributed by atoms with van der Waals surface area (Å²) in [6.07, 6.45) is -0.566. The minimum atomic E-state index is -1.36. The summed E-state index contributed by atoms with van der Waals surface area (Å²) >= 11 is 3.44. The van der Waals surface area contributed by atoms with Crippen LogP contribution >= 0.6 is 15.9 Å². The summed E-state index contributed by atoms with van der Waals surface area (Å²) in [7, 11) is 0. The summed E-state index contributed by atoms with van der Waals surface area (Å²) in [5, 5.41) is 10.4. The van der Waals surface area contributed by atoms with Crippen LogP contribution in [0.3, 0.4) is 0 Å². The average Bonchev–Trinajstić information content (AvgIpc) is 2.70. The highest BCUT2D eigenvalue weighted by Crippen LogP contribution is 2.45. The van der Waals surface area contributed by atoms with Crippen LogP contribution in [0.15, 0.2) is 10.5 Å². The molecule has 1 unspecified atom stereocenters. The molecule has 1 N–H and O–H groups in total. The van der Waals surface area contributed by atoms with Gasteiger partial charge in [-0.25, -0.2) is 4.79 Å². The molecule has 0 aromatic heterocycles. The SMILES string of the molecule is CCOC(=O)C(O)c1c(Br)cc2c(c1C(C)C)OCCCO2. The fourth-order valence-electron chi connectivity index (χ4n) is 2.50. The third-order valence-electron chi connectivity index (χ3n) is 3.43. The molecule has 122 valence electrons. The lowest BCUT2D eigenvalue weighted by atomic mass is 9.92. The zero-order valence-electron chi connectivity index (χ0n) is 13.0. The van der Waals surface area contributed by atoms with Gasteiger partial charge in [0.1, 0.15) is 0 Å². The van der Waals surface area contributed by atoms with Gasteiger partial charge < -0.3 is 19.3 Å². The van der Waals surface area contributed by atoms with Gasteiger partial charge in [0, 0.05) is 22.0 Å². The van der Waals surface area contributed by atoms with Gasteiger partial charge in [-0.3, -0.25) is 0 Å². The molecule has 1 aliphatic rings. The summed E-state index contributed by atoms with van der Waals surface area (Å²) in [6.45, 7) is 7.02. The topological polar surface area (TPSA) is 65.0 Å². The van der Waals surface area contributed by atoms with Gasteiger partial charge in [0.25, 0.3) is 0 Å². The molecule has 22 heavy (non-hydrogen) atoms. The third kappa shape index (κ3) is 3.38. The molecule has 1 aromatic carbocycles. The summed E-state index contributed by atoms with van der Waals surface area (Å²) < 4.78 is 17.1. The van der Waals surface area contributed by atoms with Crippen molar-refractivity contribution in [1.82, 2.24) is 0 Å². The van der Waals surface area contributed by atoms with Crippen molar-refractivity contribution in [3.8, 4) is 11.5 Å². The number of hydrogen-bond donors (Lipinski definition) is 1. The first-order chi connectivity index (χ1) is 10.5. The number of ether oxygens (including phenoxy) is 3. The number of esters is 1. The second-order valence-electron chi connectivity index (χ2n) is 5.37. The normalized spacial score (nSPS) is 15.4. The number of rotatable bonds is 4. The van der Waals surface area contributed by atoms with Crippen molar-refractivity contribution >= 4 is 21.9 Å². The maximum atomic E-state index is 11.9. The van der Waals surface area contributed by atoms with Crippen LogP contribution in [0.1, 0.15) is 50.3 Å². The monoisotopic (exact) mass is 372 g/mol. The molecule has 0 radical (unpaired) electrons. The lowest BCUT2D eigenvalue weighted by Crippen LogP contribution is -2.18. The minimum absolute atomic E-state index is 0.0482. The third-order valence-corrected chi connectivity index (χ3v) is 4.08. The molecule has 0 aliphatic carbocycles. The van der Waals surface area contributed by atoms with E-state index >= 15 is 0 Å². The summed E-state index contributed by atoms with van der Waals surface area (Å²) in [5.74, 6) is 0.619. The smallest absolute Gasteiger partial charge is 0.339 e. The Hall–Kier alpha value is -1.27. The van der Waals surface area contributed by atoms with Crippen LogP contribution in [-0.4, -0.2) is 30.9 Å². The number of aliphatic hydroxyl groups excluding tert-OH is 1. The predicted molar refractivity (Wildman–Crippen MR) is 85.4 cm³/mol. The van der Waals surface area contributed by atoms with Crippen LogP contribution in [0.5, 0.6) is 11.5 Å². The minimum Gasteiger partial charge on any atom is -0.490 e. The van der Waals surface area contributed by atoms with Crippen molar-refractivity contribution < 1.29 is 24.1 Å². The van der Waals surface area contributed by atoms with E-state index in [2.05, 4.69) is 15.9 Å². The fraction of sp³-hybridized carbons (Fsp3) is 0.562. The summed E-state index contributed by atoms with van der Waals surface area (Å²) in [4.78, 5) is 11.9. The van der Waals surface area contributed by atoms with E-state index in [1.54, 1.807) is 13.0 Å². The first-order valence-electron chi connectivity index (χ1n) is 7.43.